The Bertz CT molecular complexity index is 598. The van der Waals surface area contributed by atoms with Crippen LogP contribution in [0.25, 0.3) is 0 Å². The first-order valence-corrected chi connectivity index (χ1v) is 7.43. The fraction of sp³-hybridized carbons (Fsp3) is 0.417. The number of sulfonamides is 1. The molecule has 0 fully saturated rings. The summed E-state index contributed by atoms with van der Waals surface area (Å²) in [5.41, 5.74) is 0.133. The summed E-state index contributed by atoms with van der Waals surface area (Å²) in [6, 6.07) is 4.31. The van der Waals surface area contributed by atoms with Gasteiger partial charge in [0.25, 0.3) is 15.9 Å². The van der Waals surface area contributed by atoms with Crippen molar-refractivity contribution in [3.05, 3.63) is 23.8 Å². The molecule has 0 spiro atoms. The van der Waals surface area contributed by atoms with Crippen molar-refractivity contribution < 1.29 is 27.4 Å². The Kier molecular flexibility index (Phi) is 4.58. The fourth-order valence-corrected chi connectivity index (χ4v) is 2.88. The van der Waals surface area contributed by atoms with Crippen LogP contribution in [-0.2, 0) is 19.5 Å². The summed E-state index contributed by atoms with van der Waals surface area (Å²) >= 11 is 0. The summed E-state index contributed by atoms with van der Waals surface area (Å²) in [5, 5.41) is 0. The molecule has 1 aliphatic rings. The maximum absolute atomic E-state index is 11.6. The molecule has 0 atom stereocenters. The highest BCUT2D eigenvalue weighted by molar-refractivity contribution is 7.90. The summed E-state index contributed by atoms with van der Waals surface area (Å²) in [4.78, 5) is 11.3. The highest BCUT2D eigenvalue weighted by Gasteiger charge is 2.32. The number of nitrogens with one attached hydrogen (secondary N) is 1. The van der Waals surface area contributed by atoms with Crippen molar-refractivity contribution in [2.75, 3.05) is 33.5 Å². The van der Waals surface area contributed by atoms with Gasteiger partial charge in [-0.25, -0.2) is 13.1 Å². The zero-order valence-electron chi connectivity index (χ0n) is 10.9. The minimum Gasteiger partial charge on any atom is -0.491 e. The number of carbonyl (C=O) groups excluding carboxylic acids is 1. The second-order valence-corrected chi connectivity index (χ2v) is 5.70. The zero-order valence-corrected chi connectivity index (χ0v) is 11.7. The Balaban J connectivity index is 1.94. The first-order chi connectivity index (χ1) is 9.54. The van der Waals surface area contributed by atoms with Crippen molar-refractivity contribution in [1.82, 2.24) is 4.72 Å². The lowest BCUT2D eigenvalue weighted by Gasteiger charge is -2.07. The third-order valence-corrected chi connectivity index (χ3v) is 4.01. The maximum atomic E-state index is 11.6. The molecule has 0 aliphatic carbocycles. The van der Waals surface area contributed by atoms with E-state index in [1.165, 1.54) is 12.1 Å². The normalized spacial score (nSPS) is 15.8. The van der Waals surface area contributed by atoms with Gasteiger partial charge in [-0.2, -0.15) is 0 Å². The van der Waals surface area contributed by atoms with E-state index in [2.05, 4.69) is 0 Å². The molecule has 1 aromatic rings. The van der Waals surface area contributed by atoms with Gasteiger partial charge in [-0.1, -0.05) is 0 Å². The minimum atomic E-state index is -3.75. The van der Waals surface area contributed by atoms with E-state index in [0.29, 0.717) is 25.6 Å². The number of hydrogen-bond acceptors (Lipinski definition) is 6. The first kappa shape index (κ1) is 14.8. The Morgan fingerprint density at radius 3 is 2.65 bits per heavy atom. The van der Waals surface area contributed by atoms with Crippen LogP contribution in [0, 0.1) is 0 Å². The molecule has 0 saturated carbocycles. The molecule has 110 valence electrons. The van der Waals surface area contributed by atoms with E-state index in [0.717, 1.165) is 0 Å². The number of amides is 1. The van der Waals surface area contributed by atoms with Crippen LogP contribution in [0.1, 0.15) is 10.4 Å². The average molecular weight is 301 g/mol. The number of rotatable bonds is 7. The predicted octanol–water partition coefficient (Wildman–Crippen LogP) is 0.160. The van der Waals surface area contributed by atoms with E-state index in [4.69, 9.17) is 14.2 Å². The lowest BCUT2D eigenvalue weighted by Crippen LogP contribution is -2.20. The van der Waals surface area contributed by atoms with E-state index >= 15 is 0 Å². The number of ether oxygens (including phenoxy) is 3. The van der Waals surface area contributed by atoms with Crippen molar-refractivity contribution in [2.24, 2.45) is 0 Å². The topological polar surface area (TPSA) is 90.9 Å². The number of methoxy groups -OCH3 is 1. The molecule has 0 bridgehead atoms. The lowest BCUT2D eigenvalue weighted by atomic mass is 10.2. The van der Waals surface area contributed by atoms with Crippen LogP contribution in [-0.4, -0.2) is 47.9 Å². The van der Waals surface area contributed by atoms with Gasteiger partial charge in [0.05, 0.1) is 25.4 Å². The second-order valence-electron chi connectivity index (χ2n) is 4.05. The molecule has 0 aromatic heterocycles. The van der Waals surface area contributed by atoms with Gasteiger partial charge >= 0.3 is 0 Å². The monoisotopic (exact) mass is 301 g/mol. The van der Waals surface area contributed by atoms with Gasteiger partial charge in [0, 0.05) is 13.2 Å². The molecule has 0 saturated heterocycles. The third-order valence-electron chi connectivity index (χ3n) is 2.64. The number of fused-ring (bicyclic) bond motifs is 1. The Morgan fingerprint density at radius 2 is 1.90 bits per heavy atom. The third kappa shape index (κ3) is 3.27. The summed E-state index contributed by atoms with van der Waals surface area (Å²) in [5.74, 6) is -0.242. The van der Waals surface area contributed by atoms with Gasteiger partial charge in [-0.05, 0) is 12.1 Å². The SMILES string of the molecule is COCCOCCOc1ccc2c(c1)S(=O)(=O)NC2=O. The van der Waals surface area contributed by atoms with Crippen LogP contribution in [0.2, 0.25) is 0 Å². The molecule has 1 N–H and O–H groups in total. The fourth-order valence-electron chi connectivity index (χ4n) is 1.70. The molecule has 1 aliphatic heterocycles. The van der Waals surface area contributed by atoms with Gasteiger partial charge in [0.15, 0.2) is 0 Å². The van der Waals surface area contributed by atoms with Gasteiger partial charge in [0.1, 0.15) is 17.3 Å². The molecule has 8 heteroatoms. The van der Waals surface area contributed by atoms with Gasteiger partial charge in [-0.15, -0.1) is 0 Å². The van der Waals surface area contributed by atoms with Crippen LogP contribution in [0.15, 0.2) is 23.1 Å². The molecular weight excluding hydrogens is 286 g/mol. The Hall–Kier alpha value is -1.64. The average Bonchev–Trinajstić information content (AvgIpc) is 2.64. The molecular formula is C12H15NO6S. The molecule has 7 nitrogen and oxygen atoms in total. The highest BCUT2D eigenvalue weighted by Crippen LogP contribution is 2.26. The van der Waals surface area contributed by atoms with Crippen molar-refractivity contribution in [1.29, 1.82) is 0 Å². The van der Waals surface area contributed by atoms with Crippen LogP contribution < -0.4 is 9.46 Å². The standard InChI is InChI=1S/C12H15NO6S/c1-17-4-5-18-6-7-19-9-2-3-10-11(8-9)20(15,16)13-12(10)14/h2-3,8H,4-7H2,1H3,(H,13,14). The van der Waals surface area contributed by atoms with Gasteiger partial charge < -0.3 is 14.2 Å². The summed E-state index contributed by atoms with van der Waals surface area (Å²) in [7, 11) is -2.16. The Labute approximate surface area is 116 Å². The van der Waals surface area contributed by atoms with Gasteiger partial charge in [0.2, 0.25) is 0 Å². The summed E-state index contributed by atoms with van der Waals surface area (Å²) < 4.78 is 40.6. The largest absolute Gasteiger partial charge is 0.491 e. The van der Waals surface area contributed by atoms with Crippen molar-refractivity contribution in [3.8, 4) is 5.75 Å². The smallest absolute Gasteiger partial charge is 0.266 e. The van der Waals surface area contributed by atoms with Crippen molar-refractivity contribution in [3.63, 3.8) is 0 Å². The zero-order chi connectivity index (χ0) is 14.6. The number of carbonyl (C=O) groups is 1. The Morgan fingerprint density at radius 1 is 1.15 bits per heavy atom. The van der Waals surface area contributed by atoms with E-state index in [1.807, 2.05) is 4.72 Å². The predicted molar refractivity (Wildman–Crippen MR) is 69.3 cm³/mol. The molecule has 1 amide bonds. The van der Waals surface area contributed by atoms with Crippen LogP contribution >= 0.6 is 0 Å². The molecule has 1 aromatic carbocycles. The number of hydrogen-bond donors (Lipinski definition) is 1. The first-order valence-electron chi connectivity index (χ1n) is 5.95. The minimum absolute atomic E-state index is 0.0553. The number of benzene rings is 1. The maximum Gasteiger partial charge on any atom is 0.266 e. The quantitative estimate of drug-likeness (QED) is 0.721. The van der Waals surface area contributed by atoms with Crippen molar-refractivity contribution in [2.45, 2.75) is 4.90 Å². The van der Waals surface area contributed by atoms with Gasteiger partial charge in [-0.3, -0.25) is 4.79 Å². The second kappa shape index (κ2) is 6.21. The van der Waals surface area contributed by atoms with E-state index < -0.39 is 15.9 Å². The van der Waals surface area contributed by atoms with E-state index in [1.54, 1.807) is 13.2 Å². The van der Waals surface area contributed by atoms with E-state index in [9.17, 15) is 13.2 Å². The molecule has 20 heavy (non-hydrogen) atoms. The molecule has 2 rings (SSSR count). The highest BCUT2D eigenvalue weighted by atomic mass is 32.2. The lowest BCUT2D eigenvalue weighted by molar-refractivity contribution is 0.0544. The van der Waals surface area contributed by atoms with E-state index in [-0.39, 0.29) is 17.1 Å². The van der Waals surface area contributed by atoms with Crippen molar-refractivity contribution >= 4 is 15.9 Å². The molecule has 0 unspecified atom stereocenters. The summed E-state index contributed by atoms with van der Waals surface area (Å²) in [6.07, 6.45) is 0. The molecule has 1 heterocycles. The summed E-state index contributed by atoms with van der Waals surface area (Å²) in [6.45, 7) is 1.62. The van der Waals surface area contributed by atoms with Crippen LogP contribution in [0.4, 0.5) is 0 Å². The van der Waals surface area contributed by atoms with Crippen LogP contribution in [0.5, 0.6) is 5.75 Å². The van der Waals surface area contributed by atoms with Crippen LogP contribution in [0.3, 0.4) is 0 Å². The molecule has 0 radical (unpaired) electrons.